The number of carbonyl (C=O) groups is 1. The Morgan fingerprint density at radius 3 is 1.56 bits per heavy atom. The third kappa shape index (κ3) is 29.2. The van der Waals surface area contributed by atoms with Gasteiger partial charge in [-0.2, -0.15) is 0 Å². The second kappa shape index (κ2) is 28.4. The zero-order valence-electron chi connectivity index (χ0n) is 23.7. The van der Waals surface area contributed by atoms with Crippen molar-refractivity contribution in [3.8, 4) is 0 Å². The van der Waals surface area contributed by atoms with Crippen molar-refractivity contribution in [2.24, 2.45) is 5.92 Å². The lowest BCUT2D eigenvalue weighted by Crippen LogP contribution is -2.05. The lowest BCUT2D eigenvalue weighted by molar-refractivity contribution is -0.143. The second-order valence-electron chi connectivity index (χ2n) is 10.9. The monoisotopic (exact) mass is 478 g/mol. The highest BCUT2D eigenvalue weighted by atomic mass is 16.5. The molecule has 0 saturated carbocycles. The Morgan fingerprint density at radius 1 is 0.588 bits per heavy atom. The van der Waals surface area contributed by atoms with E-state index in [1.807, 2.05) is 0 Å². The van der Waals surface area contributed by atoms with E-state index < -0.39 is 0 Å². The summed E-state index contributed by atoms with van der Waals surface area (Å²) < 4.78 is 5.40. The van der Waals surface area contributed by atoms with Gasteiger partial charge < -0.3 is 4.74 Å². The average molecular weight is 479 g/mol. The first-order valence-electron chi connectivity index (χ1n) is 15.5. The van der Waals surface area contributed by atoms with Gasteiger partial charge in [-0.05, 0) is 44.4 Å². The molecule has 0 aliphatic rings. The van der Waals surface area contributed by atoms with Gasteiger partial charge in [-0.3, -0.25) is 4.79 Å². The van der Waals surface area contributed by atoms with E-state index in [1.165, 1.54) is 128 Å². The van der Waals surface area contributed by atoms with E-state index in [1.54, 1.807) is 0 Å². The molecule has 0 atom stereocenters. The molecule has 0 amide bonds. The van der Waals surface area contributed by atoms with Crippen molar-refractivity contribution in [3.05, 3.63) is 12.2 Å². The minimum Gasteiger partial charge on any atom is -0.466 e. The van der Waals surface area contributed by atoms with Crippen molar-refractivity contribution in [1.29, 1.82) is 0 Å². The molecule has 0 fully saturated rings. The summed E-state index contributed by atoms with van der Waals surface area (Å²) in [6.07, 6.45) is 35.3. The highest BCUT2D eigenvalue weighted by Gasteiger charge is 2.02. The summed E-state index contributed by atoms with van der Waals surface area (Å²) in [6, 6.07) is 0. The molecule has 2 nitrogen and oxygen atoms in total. The fraction of sp³-hybridized carbons (Fsp3) is 0.906. The van der Waals surface area contributed by atoms with Crippen LogP contribution in [-0.2, 0) is 9.53 Å². The Bertz CT molecular complexity index is 427. The molecule has 2 heteroatoms. The van der Waals surface area contributed by atoms with Gasteiger partial charge in [0.15, 0.2) is 0 Å². The van der Waals surface area contributed by atoms with Gasteiger partial charge in [-0.1, -0.05) is 142 Å². The van der Waals surface area contributed by atoms with Gasteiger partial charge in [0.05, 0.1) is 6.61 Å². The van der Waals surface area contributed by atoms with Crippen LogP contribution in [0.25, 0.3) is 0 Å². The van der Waals surface area contributed by atoms with Crippen LogP contribution in [0.4, 0.5) is 0 Å². The molecule has 34 heavy (non-hydrogen) atoms. The molecule has 0 saturated heterocycles. The molecule has 0 aliphatic carbocycles. The quantitative estimate of drug-likeness (QED) is 0.0666. The van der Waals surface area contributed by atoms with Crippen LogP contribution in [0.2, 0.25) is 0 Å². The molecule has 0 heterocycles. The van der Waals surface area contributed by atoms with Crippen molar-refractivity contribution in [1.82, 2.24) is 0 Å². The summed E-state index contributed by atoms with van der Waals surface area (Å²) in [6.45, 7) is 7.53. The first-order chi connectivity index (χ1) is 16.7. The fourth-order valence-electron chi connectivity index (χ4n) is 4.49. The van der Waals surface area contributed by atoms with E-state index >= 15 is 0 Å². The maximum Gasteiger partial charge on any atom is 0.305 e. The third-order valence-corrected chi connectivity index (χ3v) is 6.83. The van der Waals surface area contributed by atoms with Crippen molar-refractivity contribution >= 4 is 5.97 Å². The van der Waals surface area contributed by atoms with Crippen LogP contribution in [-0.4, -0.2) is 12.6 Å². The van der Waals surface area contributed by atoms with Gasteiger partial charge in [0, 0.05) is 6.42 Å². The minimum absolute atomic E-state index is 0.0130. The summed E-state index contributed by atoms with van der Waals surface area (Å²) in [4.78, 5) is 11.8. The Hall–Kier alpha value is -0.790. The number of carbonyl (C=O) groups excluding carboxylic acids is 1. The molecule has 0 radical (unpaired) electrons. The largest absolute Gasteiger partial charge is 0.466 e. The van der Waals surface area contributed by atoms with E-state index in [9.17, 15) is 4.79 Å². The Morgan fingerprint density at radius 2 is 1.03 bits per heavy atom. The van der Waals surface area contributed by atoms with Gasteiger partial charge in [0.1, 0.15) is 0 Å². The zero-order valence-corrected chi connectivity index (χ0v) is 23.7. The molecule has 0 aromatic carbocycles. The van der Waals surface area contributed by atoms with Crippen LogP contribution in [0.3, 0.4) is 0 Å². The molecule has 0 unspecified atom stereocenters. The maximum absolute atomic E-state index is 11.8. The number of esters is 1. The van der Waals surface area contributed by atoms with Crippen LogP contribution < -0.4 is 0 Å². The summed E-state index contributed by atoms with van der Waals surface area (Å²) in [5, 5.41) is 0. The van der Waals surface area contributed by atoms with Crippen LogP contribution in [0, 0.1) is 5.92 Å². The molecule has 0 N–H and O–H groups in total. The summed E-state index contributed by atoms with van der Waals surface area (Å²) in [7, 11) is 0. The molecule has 202 valence electrons. The van der Waals surface area contributed by atoms with E-state index in [0.717, 1.165) is 25.2 Å². The van der Waals surface area contributed by atoms with E-state index in [4.69, 9.17) is 4.74 Å². The molecule has 0 bridgehead atoms. The molecular formula is C32H62O2. The Labute approximate surface area is 215 Å². The number of rotatable bonds is 27. The summed E-state index contributed by atoms with van der Waals surface area (Å²) in [5.74, 6) is 0.870. The highest BCUT2D eigenvalue weighted by Crippen LogP contribution is 2.13. The Kier molecular flexibility index (Phi) is 27.8. The molecule has 0 rings (SSSR count). The minimum atomic E-state index is 0.0130. The van der Waals surface area contributed by atoms with Crippen molar-refractivity contribution in [2.75, 3.05) is 6.61 Å². The first kappa shape index (κ1) is 33.2. The van der Waals surface area contributed by atoms with E-state index in [-0.39, 0.29) is 5.97 Å². The third-order valence-electron chi connectivity index (χ3n) is 6.83. The van der Waals surface area contributed by atoms with Gasteiger partial charge in [-0.15, -0.1) is 0 Å². The summed E-state index contributed by atoms with van der Waals surface area (Å²) >= 11 is 0. The number of unbranched alkanes of at least 4 members (excludes halogenated alkanes) is 19. The highest BCUT2D eigenvalue weighted by molar-refractivity contribution is 5.69. The molecule has 0 aliphatic heterocycles. The number of allylic oxidation sites excluding steroid dienone is 2. The summed E-state index contributed by atoms with van der Waals surface area (Å²) in [5.41, 5.74) is 0. The van der Waals surface area contributed by atoms with E-state index in [0.29, 0.717) is 13.0 Å². The Balaban J connectivity index is 3.21. The van der Waals surface area contributed by atoms with Gasteiger partial charge >= 0.3 is 5.97 Å². The predicted octanol–water partition coefficient (Wildman–Crippen LogP) is 11.1. The van der Waals surface area contributed by atoms with Crippen molar-refractivity contribution < 1.29 is 9.53 Å². The maximum atomic E-state index is 11.8. The van der Waals surface area contributed by atoms with Crippen LogP contribution in [0.5, 0.6) is 0 Å². The van der Waals surface area contributed by atoms with Crippen LogP contribution in [0.1, 0.15) is 175 Å². The topological polar surface area (TPSA) is 26.3 Å². The van der Waals surface area contributed by atoms with Gasteiger partial charge in [0.25, 0.3) is 0 Å². The second-order valence-corrected chi connectivity index (χ2v) is 10.9. The zero-order chi connectivity index (χ0) is 25.0. The molecule has 0 aromatic heterocycles. The molecule has 0 spiro atoms. The van der Waals surface area contributed by atoms with Crippen LogP contribution >= 0.6 is 0 Å². The number of hydrogen-bond donors (Lipinski definition) is 0. The smallest absolute Gasteiger partial charge is 0.305 e. The molecule has 0 aromatic rings. The van der Waals surface area contributed by atoms with Gasteiger partial charge in [0.2, 0.25) is 0 Å². The standard InChI is InChI=1S/C32H62O2/c1-4-5-6-7-8-9-10-11-12-13-14-17-20-23-26-29-32(33)34-30-27-24-21-18-15-16-19-22-25-28-31(2)3/h11-12,31H,4-10,13-30H2,1-3H3/b12-11-. The predicted molar refractivity (Wildman–Crippen MR) is 151 cm³/mol. The van der Waals surface area contributed by atoms with Crippen LogP contribution in [0.15, 0.2) is 12.2 Å². The molecular weight excluding hydrogens is 416 g/mol. The fourth-order valence-corrected chi connectivity index (χ4v) is 4.49. The van der Waals surface area contributed by atoms with Gasteiger partial charge in [-0.25, -0.2) is 0 Å². The number of hydrogen-bond acceptors (Lipinski definition) is 2. The van der Waals surface area contributed by atoms with Crippen molar-refractivity contribution in [2.45, 2.75) is 175 Å². The SMILES string of the molecule is CCCCCCCC/C=C\CCCCCCCC(=O)OCCCCCCCCCCCC(C)C. The average Bonchev–Trinajstić information content (AvgIpc) is 2.82. The lowest BCUT2D eigenvalue weighted by atomic mass is 10.0. The van der Waals surface area contributed by atoms with Crippen molar-refractivity contribution in [3.63, 3.8) is 0 Å². The normalized spacial score (nSPS) is 11.6. The number of ether oxygens (including phenoxy) is 1. The van der Waals surface area contributed by atoms with E-state index in [2.05, 4.69) is 32.9 Å². The first-order valence-corrected chi connectivity index (χ1v) is 15.5. The lowest BCUT2D eigenvalue weighted by Gasteiger charge is -2.06.